The average Bonchev–Trinajstić information content (AvgIpc) is 1.64. The first kappa shape index (κ1) is 8.88. The highest BCUT2D eigenvalue weighted by molar-refractivity contribution is 6.58. The lowest BCUT2D eigenvalue weighted by molar-refractivity contribution is 0.530. The van der Waals surface area contributed by atoms with Gasteiger partial charge in [0.05, 0.1) is 0 Å². The van der Waals surface area contributed by atoms with Crippen molar-refractivity contribution in [1.82, 2.24) is 9.13 Å². The van der Waals surface area contributed by atoms with Crippen molar-refractivity contribution in [2.45, 2.75) is 0 Å². The summed E-state index contributed by atoms with van der Waals surface area (Å²) in [6.07, 6.45) is 0. The van der Waals surface area contributed by atoms with Gasteiger partial charge in [-0.2, -0.15) is 0 Å². The minimum Gasteiger partial charge on any atom is -0.317 e. The molecule has 0 bridgehead atoms. The van der Waals surface area contributed by atoms with Gasteiger partial charge in [-0.3, -0.25) is 0 Å². The van der Waals surface area contributed by atoms with Gasteiger partial charge >= 0.3 is 0 Å². The van der Waals surface area contributed by atoms with Crippen LogP contribution in [0.5, 0.6) is 0 Å². The van der Waals surface area contributed by atoms with Crippen molar-refractivity contribution < 1.29 is 0 Å². The van der Waals surface area contributed by atoms with E-state index in [1.807, 2.05) is 0 Å². The van der Waals surface area contributed by atoms with E-state index in [9.17, 15) is 0 Å². The minimum atomic E-state index is -0.929. The molecule has 0 rings (SSSR count). The molecule has 0 saturated carbocycles. The largest absolute Gasteiger partial charge is 0.317 e. The van der Waals surface area contributed by atoms with Crippen molar-refractivity contribution in [1.29, 1.82) is 0 Å². The Bertz CT molecular complexity index is 83.1. The van der Waals surface area contributed by atoms with E-state index in [1.165, 1.54) is 0 Å². The van der Waals surface area contributed by atoms with E-state index < -0.39 is 9.12 Å². The van der Waals surface area contributed by atoms with Crippen molar-refractivity contribution in [3.63, 3.8) is 0 Å². The molecule has 0 aliphatic rings. The minimum absolute atomic E-state index is 0.929. The van der Waals surface area contributed by atoms with Crippen LogP contribution >= 0.6 is 0 Å². The maximum Gasteiger partial charge on any atom is 0.214 e. The SMILES string of the molecule is C=C[SiH](N(C)C)N(C)C. The lowest BCUT2D eigenvalue weighted by Gasteiger charge is -2.24. The van der Waals surface area contributed by atoms with E-state index in [-0.39, 0.29) is 0 Å². The molecule has 0 heterocycles. The standard InChI is InChI=1S/C6H16N2Si/c1-6-9(7(2)3)8(4)5/h6,9H,1H2,2-5H3. The van der Waals surface area contributed by atoms with Gasteiger partial charge in [-0.1, -0.05) is 5.70 Å². The third-order valence-corrected chi connectivity index (χ3v) is 3.81. The Morgan fingerprint density at radius 3 is 1.44 bits per heavy atom. The maximum atomic E-state index is 3.78. The van der Waals surface area contributed by atoms with Gasteiger partial charge in [0.1, 0.15) is 0 Å². The first-order valence-electron chi connectivity index (χ1n) is 3.05. The fourth-order valence-corrected chi connectivity index (χ4v) is 2.65. The van der Waals surface area contributed by atoms with Gasteiger partial charge in [0, 0.05) is 0 Å². The summed E-state index contributed by atoms with van der Waals surface area (Å²) in [7, 11) is 7.45. The number of hydrogen-bond donors (Lipinski definition) is 0. The molecule has 0 aromatic carbocycles. The molecular weight excluding hydrogens is 128 g/mol. The Kier molecular flexibility index (Phi) is 3.77. The summed E-state index contributed by atoms with van der Waals surface area (Å²) in [5.74, 6) is 0. The Hall–Kier alpha value is -0.123. The highest BCUT2D eigenvalue weighted by atomic mass is 28.3. The van der Waals surface area contributed by atoms with Gasteiger partial charge in [0.15, 0.2) is 0 Å². The smallest absolute Gasteiger partial charge is 0.214 e. The average molecular weight is 144 g/mol. The van der Waals surface area contributed by atoms with Crippen molar-refractivity contribution in [3.05, 3.63) is 12.3 Å². The quantitative estimate of drug-likeness (QED) is 0.517. The summed E-state index contributed by atoms with van der Waals surface area (Å²) < 4.78 is 4.49. The van der Waals surface area contributed by atoms with E-state index in [1.54, 1.807) is 0 Å². The van der Waals surface area contributed by atoms with Gasteiger partial charge < -0.3 is 9.13 Å². The van der Waals surface area contributed by atoms with Crippen LogP contribution in [-0.4, -0.2) is 46.4 Å². The van der Waals surface area contributed by atoms with Crippen LogP contribution in [0, 0.1) is 0 Å². The van der Waals surface area contributed by atoms with E-state index >= 15 is 0 Å². The molecule has 0 fully saturated rings. The molecule has 0 aliphatic heterocycles. The number of nitrogens with zero attached hydrogens (tertiary/aromatic N) is 2. The summed E-state index contributed by atoms with van der Waals surface area (Å²) in [6, 6.07) is 0. The predicted octanol–water partition coefficient (Wildman–Crippen LogP) is 0.0553. The zero-order valence-corrected chi connectivity index (χ0v) is 7.91. The first-order chi connectivity index (χ1) is 4.09. The molecule has 0 unspecified atom stereocenters. The Balaban J connectivity index is 3.82. The van der Waals surface area contributed by atoms with Gasteiger partial charge in [-0.15, -0.1) is 6.58 Å². The van der Waals surface area contributed by atoms with Crippen LogP contribution in [0.2, 0.25) is 0 Å². The maximum absolute atomic E-state index is 3.78. The molecular formula is C6H16N2Si. The summed E-state index contributed by atoms with van der Waals surface area (Å²) >= 11 is 0. The molecule has 0 aromatic rings. The molecule has 0 radical (unpaired) electrons. The van der Waals surface area contributed by atoms with Crippen LogP contribution < -0.4 is 0 Å². The summed E-state index contributed by atoms with van der Waals surface area (Å²) in [4.78, 5) is 0. The van der Waals surface area contributed by atoms with Crippen LogP contribution in [0.3, 0.4) is 0 Å². The van der Waals surface area contributed by atoms with Crippen LogP contribution in [0.4, 0.5) is 0 Å². The second-order valence-corrected chi connectivity index (χ2v) is 5.94. The predicted molar refractivity (Wildman–Crippen MR) is 44.7 cm³/mol. The number of rotatable bonds is 3. The third kappa shape index (κ3) is 2.79. The van der Waals surface area contributed by atoms with E-state index in [4.69, 9.17) is 0 Å². The van der Waals surface area contributed by atoms with Crippen molar-refractivity contribution in [2.75, 3.05) is 28.2 Å². The topological polar surface area (TPSA) is 6.48 Å². The fourth-order valence-electron chi connectivity index (χ4n) is 0.884. The van der Waals surface area contributed by atoms with Gasteiger partial charge in [0.2, 0.25) is 9.12 Å². The van der Waals surface area contributed by atoms with Gasteiger partial charge in [-0.25, -0.2) is 0 Å². The molecule has 0 amide bonds. The molecule has 9 heavy (non-hydrogen) atoms. The Morgan fingerprint density at radius 2 is 1.44 bits per heavy atom. The Morgan fingerprint density at radius 1 is 1.11 bits per heavy atom. The lowest BCUT2D eigenvalue weighted by atomic mass is 11.2. The van der Waals surface area contributed by atoms with Crippen molar-refractivity contribution in [2.24, 2.45) is 0 Å². The van der Waals surface area contributed by atoms with E-state index in [0.717, 1.165) is 0 Å². The zero-order valence-electron chi connectivity index (χ0n) is 6.76. The molecule has 2 nitrogen and oxygen atoms in total. The van der Waals surface area contributed by atoms with Crippen LogP contribution in [-0.2, 0) is 0 Å². The molecule has 0 atom stereocenters. The normalized spacial score (nSPS) is 11.4. The third-order valence-electron chi connectivity index (χ3n) is 1.27. The second kappa shape index (κ2) is 3.82. The molecule has 0 aliphatic carbocycles. The fraction of sp³-hybridized carbons (Fsp3) is 0.667. The van der Waals surface area contributed by atoms with Crippen molar-refractivity contribution >= 4 is 9.12 Å². The first-order valence-corrected chi connectivity index (χ1v) is 4.75. The molecule has 0 aromatic heterocycles. The molecule has 0 spiro atoms. The summed E-state index contributed by atoms with van der Waals surface area (Å²) in [5, 5.41) is 0. The van der Waals surface area contributed by atoms with Crippen LogP contribution in [0.25, 0.3) is 0 Å². The van der Waals surface area contributed by atoms with E-state index in [0.29, 0.717) is 0 Å². The Labute approximate surface area is 59.5 Å². The molecule has 0 saturated heterocycles. The summed E-state index contributed by atoms with van der Waals surface area (Å²) in [5.41, 5.74) is 2.06. The van der Waals surface area contributed by atoms with Crippen LogP contribution in [0.15, 0.2) is 12.3 Å². The van der Waals surface area contributed by atoms with Crippen LogP contribution in [0.1, 0.15) is 0 Å². The molecule has 54 valence electrons. The molecule has 3 heteroatoms. The zero-order chi connectivity index (χ0) is 7.44. The van der Waals surface area contributed by atoms with Gasteiger partial charge in [0.25, 0.3) is 0 Å². The van der Waals surface area contributed by atoms with Crippen molar-refractivity contribution in [3.8, 4) is 0 Å². The highest BCUT2D eigenvalue weighted by Crippen LogP contribution is 1.90. The summed E-state index contributed by atoms with van der Waals surface area (Å²) in [6.45, 7) is 3.78. The van der Waals surface area contributed by atoms with E-state index in [2.05, 4.69) is 49.6 Å². The van der Waals surface area contributed by atoms with Gasteiger partial charge in [-0.05, 0) is 28.2 Å². The second-order valence-electron chi connectivity index (χ2n) is 2.58. The lowest BCUT2D eigenvalue weighted by Crippen LogP contribution is -2.43. The highest BCUT2D eigenvalue weighted by Gasteiger charge is 2.10. The molecule has 0 N–H and O–H groups in total. The monoisotopic (exact) mass is 144 g/mol. The number of hydrogen-bond acceptors (Lipinski definition) is 2.